The molecular formula is C13H10ClNO5. The van der Waals surface area contributed by atoms with Crippen molar-refractivity contribution in [3.8, 4) is 22.8 Å². The summed E-state index contributed by atoms with van der Waals surface area (Å²) in [7, 11) is 1.53. The molecule has 0 spiro atoms. The number of halogens is 1. The lowest BCUT2D eigenvalue weighted by molar-refractivity contribution is 0.0686. The Morgan fingerprint density at radius 2 is 2.30 bits per heavy atom. The second kappa shape index (κ2) is 4.72. The number of carbonyl (C=O) groups is 1. The van der Waals surface area contributed by atoms with Gasteiger partial charge in [0.25, 0.3) is 0 Å². The first-order valence-electron chi connectivity index (χ1n) is 5.84. The summed E-state index contributed by atoms with van der Waals surface area (Å²) in [5.41, 5.74) is 1.19. The summed E-state index contributed by atoms with van der Waals surface area (Å²) in [5, 5.41) is 12.8. The van der Waals surface area contributed by atoms with Gasteiger partial charge in [-0.2, -0.15) is 0 Å². The average Bonchev–Trinajstić information content (AvgIpc) is 3.08. The van der Waals surface area contributed by atoms with Gasteiger partial charge in [0.1, 0.15) is 0 Å². The number of nitrogens with zero attached hydrogens (tertiary/aromatic N) is 1. The summed E-state index contributed by atoms with van der Waals surface area (Å²) in [6.45, 7) is 0.533. The Morgan fingerprint density at radius 3 is 2.95 bits per heavy atom. The van der Waals surface area contributed by atoms with Gasteiger partial charge in [-0.05, 0) is 6.07 Å². The Hall–Kier alpha value is -2.21. The lowest BCUT2D eigenvalue weighted by atomic mass is 10.1. The van der Waals surface area contributed by atoms with E-state index in [9.17, 15) is 4.79 Å². The van der Waals surface area contributed by atoms with Crippen LogP contribution < -0.4 is 9.47 Å². The van der Waals surface area contributed by atoms with Crippen molar-refractivity contribution in [3.63, 3.8) is 0 Å². The summed E-state index contributed by atoms with van der Waals surface area (Å²) in [6, 6.07) is 2.98. The third kappa shape index (κ3) is 1.89. The first-order chi connectivity index (χ1) is 9.61. The second-order valence-electron chi connectivity index (χ2n) is 4.23. The smallest absolute Gasteiger partial charge is 0.358 e. The molecule has 1 aromatic heterocycles. The van der Waals surface area contributed by atoms with Gasteiger partial charge < -0.3 is 19.1 Å². The molecule has 0 bridgehead atoms. The van der Waals surface area contributed by atoms with Crippen LogP contribution in [-0.2, 0) is 6.42 Å². The standard InChI is InChI=1S/C13H10ClNO5/c1-18-10-4-7(9-5-8(13(16)17)15-20-9)11(14)6-2-3-19-12(6)10/h4-5H,2-3H2,1H3,(H,16,17). The third-order valence-electron chi connectivity index (χ3n) is 3.09. The number of aromatic carboxylic acids is 1. The highest BCUT2D eigenvalue weighted by molar-refractivity contribution is 6.34. The van der Waals surface area contributed by atoms with Gasteiger partial charge in [0.05, 0.1) is 18.7 Å². The van der Waals surface area contributed by atoms with Gasteiger partial charge >= 0.3 is 5.97 Å². The molecule has 7 heteroatoms. The number of carboxylic acids is 1. The van der Waals surface area contributed by atoms with E-state index in [2.05, 4.69) is 5.16 Å². The van der Waals surface area contributed by atoms with Crippen LogP contribution in [0.4, 0.5) is 0 Å². The van der Waals surface area contributed by atoms with E-state index in [4.69, 9.17) is 30.7 Å². The van der Waals surface area contributed by atoms with Gasteiger partial charge in [0.15, 0.2) is 23.0 Å². The summed E-state index contributed by atoms with van der Waals surface area (Å²) in [4.78, 5) is 10.8. The molecular weight excluding hydrogens is 286 g/mol. The molecule has 104 valence electrons. The first kappa shape index (κ1) is 12.8. The molecule has 0 saturated heterocycles. The van der Waals surface area contributed by atoms with Crippen LogP contribution in [0.25, 0.3) is 11.3 Å². The van der Waals surface area contributed by atoms with E-state index in [-0.39, 0.29) is 11.5 Å². The van der Waals surface area contributed by atoms with Gasteiger partial charge in [0, 0.05) is 23.6 Å². The SMILES string of the molecule is COc1cc(-c2cc(C(=O)O)no2)c(Cl)c2c1OCC2. The Labute approximate surface area is 118 Å². The van der Waals surface area contributed by atoms with E-state index in [0.29, 0.717) is 35.1 Å². The molecule has 0 amide bonds. The van der Waals surface area contributed by atoms with E-state index < -0.39 is 5.97 Å². The van der Waals surface area contributed by atoms with Crippen molar-refractivity contribution in [3.05, 3.63) is 28.4 Å². The molecule has 0 fully saturated rings. The fourth-order valence-corrected chi connectivity index (χ4v) is 2.47. The van der Waals surface area contributed by atoms with Crippen molar-refractivity contribution in [2.75, 3.05) is 13.7 Å². The maximum absolute atomic E-state index is 10.8. The van der Waals surface area contributed by atoms with E-state index in [1.165, 1.54) is 13.2 Å². The monoisotopic (exact) mass is 295 g/mol. The first-order valence-corrected chi connectivity index (χ1v) is 6.22. The van der Waals surface area contributed by atoms with Crippen LogP contribution in [0.3, 0.4) is 0 Å². The highest BCUT2D eigenvalue weighted by Crippen LogP contribution is 2.45. The van der Waals surface area contributed by atoms with Gasteiger partial charge in [-0.3, -0.25) is 0 Å². The normalized spacial score (nSPS) is 12.9. The second-order valence-corrected chi connectivity index (χ2v) is 4.61. The summed E-state index contributed by atoms with van der Waals surface area (Å²) in [5.74, 6) is 0.275. The van der Waals surface area contributed by atoms with Crippen molar-refractivity contribution in [1.29, 1.82) is 0 Å². The van der Waals surface area contributed by atoms with Crippen molar-refractivity contribution < 1.29 is 23.9 Å². The molecule has 1 aliphatic rings. The number of fused-ring (bicyclic) bond motifs is 1. The number of ether oxygens (including phenoxy) is 2. The number of aromatic nitrogens is 1. The largest absolute Gasteiger partial charge is 0.493 e. The Bertz CT molecular complexity index is 694. The molecule has 0 saturated carbocycles. The summed E-state index contributed by atoms with van der Waals surface area (Å²) >= 11 is 6.34. The highest BCUT2D eigenvalue weighted by Gasteiger charge is 2.26. The van der Waals surface area contributed by atoms with Gasteiger partial charge in [-0.25, -0.2) is 4.79 Å². The van der Waals surface area contributed by atoms with Crippen LogP contribution in [0.1, 0.15) is 16.1 Å². The molecule has 0 unspecified atom stereocenters. The lowest BCUT2D eigenvalue weighted by Crippen LogP contribution is -1.94. The zero-order valence-corrected chi connectivity index (χ0v) is 11.2. The van der Waals surface area contributed by atoms with Gasteiger partial charge in [-0.1, -0.05) is 16.8 Å². The van der Waals surface area contributed by atoms with Crippen LogP contribution in [0.2, 0.25) is 5.02 Å². The Kier molecular flexibility index (Phi) is 3.02. The van der Waals surface area contributed by atoms with Crippen LogP contribution in [0, 0.1) is 0 Å². The van der Waals surface area contributed by atoms with Crippen molar-refractivity contribution in [2.45, 2.75) is 6.42 Å². The topological polar surface area (TPSA) is 81.8 Å². The van der Waals surface area contributed by atoms with E-state index in [0.717, 1.165) is 5.56 Å². The van der Waals surface area contributed by atoms with Crippen LogP contribution in [0.15, 0.2) is 16.7 Å². The van der Waals surface area contributed by atoms with Gasteiger partial charge in [0.2, 0.25) is 0 Å². The number of hydrogen-bond acceptors (Lipinski definition) is 5. The quantitative estimate of drug-likeness (QED) is 0.937. The van der Waals surface area contributed by atoms with Gasteiger partial charge in [-0.15, -0.1) is 0 Å². The molecule has 1 aliphatic heterocycles. The minimum atomic E-state index is -1.16. The minimum absolute atomic E-state index is 0.174. The molecule has 1 N–H and O–H groups in total. The average molecular weight is 296 g/mol. The van der Waals surface area contributed by atoms with Crippen LogP contribution in [0.5, 0.6) is 11.5 Å². The predicted octanol–water partition coefficient (Wildman–Crippen LogP) is 2.64. The maximum Gasteiger partial charge on any atom is 0.358 e. The Morgan fingerprint density at radius 1 is 1.50 bits per heavy atom. The third-order valence-corrected chi connectivity index (χ3v) is 3.52. The highest BCUT2D eigenvalue weighted by atomic mass is 35.5. The zero-order valence-electron chi connectivity index (χ0n) is 10.5. The molecule has 6 nitrogen and oxygen atoms in total. The number of benzene rings is 1. The lowest BCUT2D eigenvalue weighted by Gasteiger charge is -2.10. The molecule has 3 rings (SSSR count). The number of carboxylic acid groups (broad SMARTS) is 1. The van der Waals surface area contributed by atoms with Crippen molar-refractivity contribution in [2.24, 2.45) is 0 Å². The van der Waals surface area contributed by atoms with E-state index in [1.54, 1.807) is 6.07 Å². The summed E-state index contributed by atoms with van der Waals surface area (Å²) in [6.07, 6.45) is 0.665. The molecule has 1 aromatic carbocycles. The van der Waals surface area contributed by atoms with E-state index >= 15 is 0 Å². The Balaban J connectivity index is 2.16. The van der Waals surface area contributed by atoms with Crippen molar-refractivity contribution in [1.82, 2.24) is 5.16 Å². The minimum Gasteiger partial charge on any atom is -0.493 e. The molecule has 0 radical (unpaired) electrons. The molecule has 20 heavy (non-hydrogen) atoms. The predicted molar refractivity (Wildman–Crippen MR) is 69.7 cm³/mol. The number of hydrogen-bond donors (Lipinski definition) is 1. The van der Waals surface area contributed by atoms with Crippen molar-refractivity contribution >= 4 is 17.6 Å². The summed E-state index contributed by atoms with van der Waals surface area (Å²) < 4.78 is 15.8. The maximum atomic E-state index is 10.8. The molecule has 2 aromatic rings. The molecule has 0 aliphatic carbocycles. The molecule has 0 atom stereocenters. The van der Waals surface area contributed by atoms with E-state index in [1.807, 2.05) is 0 Å². The fraction of sp³-hybridized carbons (Fsp3) is 0.231. The zero-order chi connectivity index (χ0) is 14.3. The molecule has 2 heterocycles. The fourth-order valence-electron chi connectivity index (χ4n) is 2.14. The number of rotatable bonds is 3. The van der Waals surface area contributed by atoms with Crippen LogP contribution in [-0.4, -0.2) is 29.9 Å². The van der Waals surface area contributed by atoms with Crippen LogP contribution >= 0.6 is 11.6 Å². The number of methoxy groups -OCH3 is 1.